The molecular formula is C15H21N3O2. The minimum absolute atomic E-state index is 0.0859. The minimum Gasteiger partial charge on any atom is -0.370 e. The molecule has 0 aliphatic carbocycles. The van der Waals surface area contributed by atoms with Crippen LogP contribution in [0.4, 0.5) is 0 Å². The summed E-state index contributed by atoms with van der Waals surface area (Å²) in [4.78, 5) is 24.6. The zero-order valence-corrected chi connectivity index (χ0v) is 11.5. The topological polar surface area (TPSA) is 89.4 Å². The summed E-state index contributed by atoms with van der Waals surface area (Å²) >= 11 is 0. The van der Waals surface area contributed by atoms with Crippen molar-refractivity contribution in [2.45, 2.75) is 31.2 Å². The number of likely N-dealkylation sites (tertiary alicyclic amines) is 1. The third-order valence-electron chi connectivity index (χ3n) is 3.82. The maximum absolute atomic E-state index is 12.1. The number of carbonyl (C=O) groups excluding carboxylic acids is 2. The van der Waals surface area contributed by atoms with Gasteiger partial charge in [0.25, 0.3) is 0 Å². The van der Waals surface area contributed by atoms with Crippen LogP contribution >= 0.6 is 0 Å². The monoisotopic (exact) mass is 275 g/mol. The van der Waals surface area contributed by atoms with Crippen LogP contribution in [0.3, 0.4) is 0 Å². The molecule has 1 fully saturated rings. The van der Waals surface area contributed by atoms with Gasteiger partial charge in [-0.3, -0.25) is 9.59 Å². The molecule has 1 unspecified atom stereocenters. The molecule has 1 aromatic carbocycles. The molecule has 1 aliphatic heterocycles. The number of carbonyl (C=O) groups is 2. The van der Waals surface area contributed by atoms with Crippen molar-refractivity contribution in [2.75, 3.05) is 13.1 Å². The highest BCUT2D eigenvalue weighted by atomic mass is 16.2. The van der Waals surface area contributed by atoms with E-state index >= 15 is 0 Å². The van der Waals surface area contributed by atoms with Crippen LogP contribution in [0.2, 0.25) is 0 Å². The van der Waals surface area contributed by atoms with Crippen molar-refractivity contribution in [3.05, 3.63) is 35.9 Å². The number of benzene rings is 1. The second-order valence-corrected chi connectivity index (χ2v) is 5.29. The summed E-state index contributed by atoms with van der Waals surface area (Å²) in [7, 11) is 0. The van der Waals surface area contributed by atoms with Crippen molar-refractivity contribution in [3.8, 4) is 0 Å². The Morgan fingerprint density at radius 1 is 1.20 bits per heavy atom. The number of rotatable bonds is 4. The standard InChI is InChI=1S/C15H21N3O2/c16-13(10-14(17)19)15(20)18-8-6-12(7-9-18)11-4-2-1-3-5-11/h1-5,12-13H,6-10,16H2,(H2,17,19). The molecule has 4 N–H and O–H groups in total. The quantitative estimate of drug-likeness (QED) is 0.843. The van der Waals surface area contributed by atoms with Gasteiger partial charge in [0.1, 0.15) is 0 Å². The lowest BCUT2D eigenvalue weighted by molar-refractivity contribution is -0.135. The lowest BCUT2D eigenvalue weighted by atomic mass is 9.89. The van der Waals surface area contributed by atoms with Crippen LogP contribution in [0.1, 0.15) is 30.7 Å². The Labute approximate surface area is 118 Å². The fourth-order valence-electron chi connectivity index (χ4n) is 2.70. The minimum atomic E-state index is -0.805. The lowest BCUT2D eigenvalue weighted by Crippen LogP contribution is -2.48. The van der Waals surface area contributed by atoms with E-state index in [1.165, 1.54) is 5.56 Å². The number of nitrogens with zero attached hydrogens (tertiary/aromatic N) is 1. The first-order chi connectivity index (χ1) is 9.58. The summed E-state index contributed by atoms with van der Waals surface area (Å²) in [5, 5.41) is 0. The molecule has 1 atom stereocenters. The predicted molar refractivity (Wildman–Crippen MR) is 76.8 cm³/mol. The molecule has 108 valence electrons. The van der Waals surface area contributed by atoms with Gasteiger partial charge >= 0.3 is 0 Å². The van der Waals surface area contributed by atoms with Crippen molar-refractivity contribution in [1.82, 2.24) is 4.90 Å². The zero-order chi connectivity index (χ0) is 14.5. The highest BCUT2D eigenvalue weighted by molar-refractivity contribution is 5.87. The lowest BCUT2D eigenvalue weighted by Gasteiger charge is -2.33. The molecule has 5 heteroatoms. The van der Waals surface area contributed by atoms with Gasteiger partial charge in [-0.25, -0.2) is 0 Å². The van der Waals surface area contributed by atoms with E-state index in [4.69, 9.17) is 11.5 Å². The van der Waals surface area contributed by atoms with Crippen LogP contribution in [-0.4, -0.2) is 35.8 Å². The van der Waals surface area contributed by atoms with Crippen molar-refractivity contribution in [1.29, 1.82) is 0 Å². The fraction of sp³-hybridized carbons (Fsp3) is 0.467. The summed E-state index contributed by atoms with van der Waals surface area (Å²) in [6.07, 6.45) is 1.77. The van der Waals surface area contributed by atoms with E-state index in [2.05, 4.69) is 12.1 Å². The molecule has 5 nitrogen and oxygen atoms in total. The van der Waals surface area contributed by atoms with Crippen LogP contribution in [0.25, 0.3) is 0 Å². The first-order valence-electron chi connectivity index (χ1n) is 6.95. The second kappa shape index (κ2) is 6.52. The van der Waals surface area contributed by atoms with Crippen LogP contribution in [0, 0.1) is 0 Å². The molecule has 0 spiro atoms. The average Bonchev–Trinajstić information content (AvgIpc) is 2.47. The smallest absolute Gasteiger partial charge is 0.240 e. The summed E-state index contributed by atoms with van der Waals surface area (Å²) in [6, 6.07) is 9.53. The first-order valence-corrected chi connectivity index (χ1v) is 6.95. The van der Waals surface area contributed by atoms with Gasteiger partial charge in [-0.1, -0.05) is 30.3 Å². The van der Waals surface area contributed by atoms with Crippen molar-refractivity contribution >= 4 is 11.8 Å². The summed E-state index contributed by atoms with van der Waals surface area (Å²) < 4.78 is 0. The first kappa shape index (κ1) is 14.5. The molecular weight excluding hydrogens is 254 g/mol. The van der Waals surface area contributed by atoms with Gasteiger partial charge in [0.05, 0.1) is 12.5 Å². The van der Waals surface area contributed by atoms with Gasteiger partial charge in [-0.05, 0) is 24.3 Å². The molecule has 2 rings (SSSR count). The predicted octanol–water partition coefficient (Wildman–Crippen LogP) is 0.595. The summed E-state index contributed by atoms with van der Waals surface area (Å²) in [5.41, 5.74) is 12.1. The molecule has 0 aromatic heterocycles. The highest BCUT2D eigenvalue weighted by Crippen LogP contribution is 2.27. The Hall–Kier alpha value is -1.88. The van der Waals surface area contributed by atoms with Gasteiger partial charge in [0.2, 0.25) is 11.8 Å². The van der Waals surface area contributed by atoms with Crippen LogP contribution in [0.5, 0.6) is 0 Å². The summed E-state index contributed by atoms with van der Waals surface area (Å²) in [5.74, 6) is -0.215. The Balaban J connectivity index is 1.88. The molecule has 1 aliphatic rings. The average molecular weight is 275 g/mol. The van der Waals surface area contributed by atoms with Crippen molar-refractivity contribution in [3.63, 3.8) is 0 Å². The number of hydrogen-bond donors (Lipinski definition) is 2. The molecule has 1 heterocycles. The van der Waals surface area contributed by atoms with E-state index < -0.39 is 11.9 Å². The normalized spacial score (nSPS) is 17.8. The van der Waals surface area contributed by atoms with Crippen molar-refractivity contribution in [2.24, 2.45) is 11.5 Å². The third-order valence-corrected chi connectivity index (χ3v) is 3.82. The number of nitrogens with two attached hydrogens (primary N) is 2. The highest BCUT2D eigenvalue weighted by Gasteiger charge is 2.27. The molecule has 0 saturated carbocycles. The SMILES string of the molecule is NC(=O)CC(N)C(=O)N1CCC(c2ccccc2)CC1. The molecule has 0 bridgehead atoms. The largest absolute Gasteiger partial charge is 0.370 e. The number of hydrogen-bond acceptors (Lipinski definition) is 3. The van der Waals surface area contributed by atoms with E-state index in [0.717, 1.165) is 12.8 Å². The molecule has 1 aromatic rings. The van der Waals surface area contributed by atoms with Gasteiger partial charge in [-0.15, -0.1) is 0 Å². The van der Waals surface area contributed by atoms with E-state index in [9.17, 15) is 9.59 Å². The maximum Gasteiger partial charge on any atom is 0.240 e. The zero-order valence-electron chi connectivity index (χ0n) is 11.5. The third kappa shape index (κ3) is 3.57. The van der Waals surface area contributed by atoms with Crippen molar-refractivity contribution < 1.29 is 9.59 Å². The number of primary amides is 1. The maximum atomic E-state index is 12.1. The van der Waals surface area contributed by atoms with Gasteiger partial charge in [0.15, 0.2) is 0 Å². The molecule has 2 amide bonds. The summed E-state index contributed by atoms with van der Waals surface area (Å²) in [6.45, 7) is 1.37. The fourth-order valence-corrected chi connectivity index (χ4v) is 2.70. The van der Waals surface area contributed by atoms with Crippen LogP contribution in [0.15, 0.2) is 30.3 Å². The van der Waals surface area contributed by atoms with Gasteiger partial charge in [-0.2, -0.15) is 0 Å². The van der Waals surface area contributed by atoms with Gasteiger partial charge < -0.3 is 16.4 Å². The Morgan fingerprint density at radius 2 is 1.80 bits per heavy atom. The molecule has 20 heavy (non-hydrogen) atoms. The van der Waals surface area contributed by atoms with Crippen LogP contribution < -0.4 is 11.5 Å². The molecule has 0 radical (unpaired) electrons. The van der Waals surface area contributed by atoms with Crippen LogP contribution in [-0.2, 0) is 9.59 Å². The Morgan fingerprint density at radius 3 is 2.35 bits per heavy atom. The number of amides is 2. The number of piperidine rings is 1. The van der Waals surface area contributed by atoms with E-state index in [1.54, 1.807) is 4.90 Å². The molecule has 1 saturated heterocycles. The van der Waals surface area contributed by atoms with E-state index in [-0.39, 0.29) is 12.3 Å². The van der Waals surface area contributed by atoms with E-state index in [1.807, 2.05) is 18.2 Å². The second-order valence-electron chi connectivity index (χ2n) is 5.29. The Kier molecular flexibility index (Phi) is 4.74. The Bertz CT molecular complexity index is 467. The van der Waals surface area contributed by atoms with E-state index in [0.29, 0.717) is 19.0 Å². The van der Waals surface area contributed by atoms with Gasteiger partial charge in [0, 0.05) is 13.1 Å².